The Bertz CT molecular complexity index is 382. The number of benzene rings is 1. The minimum absolute atomic E-state index is 0.650. The Morgan fingerprint density at radius 3 is 3.00 bits per heavy atom. The van der Waals surface area contributed by atoms with Crippen LogP contribution >= 0.6 is 0 Å². The summed E-state index contributed by atoms with van der Waals surface area (Å²) in [6.45, 7) is 3.74. The molecule has 4 heteroatoms. The third kappa shape index (κ3) is 4.40. The zero-order valence-electron chi connectivity index (χ0n) is 11.6. The van der Waals surface area contributed by atoms with Gasteiger partial charge in [0.2, 0.25) is 0 Å². The lowest BCUT2D eigenvalue weighted by Gasteiger charge is -2.21. The van der Waals surface area contributed by atoms with Crippen LogP contribution in [0.3, 0.4) is 0 Å². The number of anilines is 1. The molecule has 0 aliphatic carbocycles. The molecule has 1 aromatic carbocycles. The number of ether oxygens (including phenoxy) is 3. The number of hydrogen-bond donors (Lipinski definition) is 1. The van der Waals surface area contributed by atoms with Crippen LogP contribution in [0.15, 0.2) is 18.2 Å². The van der Waals surface area contributed by atoms with Gasteiger partial charge in [0.1, 0.15) is 5.75 Å². The maximum absolute atomic E-state index is 5.84. The molecule has 4 nitrogen and oxygen atoms in total. The average molecular weight is 265 g/mol. The van der Waals surface area contributed by atoms with Crippen molar-refractivity contribution in [1.29, 1.82) is 0 Å². The molecule has 0 saturated heterocycles. The minimum Gasteiger partial charge on any atom is -0.491 e. The third-order valence-electron chi connectivity index (χ3n) is 3.16. The predicted octanol–water partition coefficient (Wildman–Crippen LogP) is 2.48. The van der Waals surface area contributed by atoms with Crippen LogP contribution in [-0.4, -0.2) is 40.1 Å². The lowest BCUT2D eigenvalue weighted by atomic mass is 10.0. The Labute approximate surface area is 115 Å². The summed E-state index contributed by atoms with van der Waals surface area (Å²) < 4.78 is 16.2. The van der Waals surface area contributed by atoms with Gasteiger partial charge in [0, 0.05) is 26.7 Å². The molecule has 1 aromatic rings. The molecule has 0 atom stereocenters. The monoisotopic (exact) mass is 265 g/mol. The zero-order chi connectivity index (χ0) is 13.3. The molecule has 1 N–H and O–H groups in total. The quantitative estimate of drug-likeness (QED) is 0.733. The summed E-state index contributed by atoms with van der Waals surface area (Å²) in [5, 5.41) is 3.43. The van der Waals surface area contributed by atoms with Crippen LogP contribution in [0.5, 0.6) is 5.75 Å². The first-order valence-electron chi connectivity index (χ1n) is 6.97. The van der Waals surface area contributed by atoms with Crippen LogP contribution in [0.2, 0.25) is 0 Å². The first kappa shape index (κ1) is 14.2. The molecule has 0 saturated carbocycles. The van der Waals surface area contributed by atoms with E-state index in [2.05, 4.69) is 17.4 Å². The molecule has 106 valence electrons. The summed E-state index contributed by atoms with van der Waals surface area (Å²) in [6.07, 6.45) is 3.23. The zero-order valence-corrected chi connectivity index (χ0v) is 11.6. The lowest BCUT2D eigenvalue weighted by molar-refractivity contribution is 0.0644. The largest absolute Gasteiger partial charge is 0.491 e. The Balaban J connectivity index is 1.71. The van der Waals surface area contributed by atoms with Gasteiger partial charge in [0.25, 0.3) is 0 Å². The van der Waals surface area contributed by atoms with Crippen molar-refractivity contribution in [2.24, 2.45) is 0 Å². The van der Waals surface area contributed by atoms with E-state index >= 15 is 0 Å². The summed E-state index contributed by atoms with van der Waals surface area (Å²) in [7, 11) is 1.68. The van der Waals surface area contributed by atoms with Crippen LogP contribution < -0.4 is 10.1 Å². The summed E-state index contributed by atoms with van der Waals surface area (Å²) in [4.78, 5) is 0. The van der Waals surface area contributed by atoms with E-state index in [-0.39, 0.29) is 0 Å². The number of methoxy groups -OCH3 is 1. The highest BCUT2D eigenvalue weighted by atomic mass is 16.5. The number of fused-ring (bicyclic) bond motifs is 1. The van der Waals surface area contributed by atoms with Crippen LogP contribution in [0.4, 0.5) is 5.69 Å². The van der Waals surface area contributed by atoms with Crippen molar-refractivity contribution >= 4 is 5.69 Å². The summed E-state index contributed by atoms with van der Waals surface area (Å²) >= 11 is 0. The van der Waals surface area contributed by atoms with Crippen molar-refractivity contribution in [3.05, 3.63) is 23.8 Å². The molecule has 0 spiro atoms. The van der Waals surface area contributed by atoms with Crippen molar-refractivity contribution in [2.75, 3.05) is 45.4 Å². The Kier molecular flexibility index (Phi) is 5.98. The highest BCUT2D eigenvalue weighted by molar-refractivity contribution is 5.63. The predicted molar refractivity (Wildman–Crippen MR) is 76.1 cm³/mol. The second-order valence-corrected chi connectivity index (χ2v) is 4.63. The van der Waals surface area contributed by atoms with E-state index in [1.54, 1.807) is 7.11 Å². The number of rotatable bonds is 8. The first-order chi connectivity index (χ1) is 9.42. The molecular weight excluding hydrogens is 242 g/mol. The van der Waals surface area contributed by atoms with Gasteiger partial charge < -0.3 is 19.5 Å². The van der Waals surface area contributed by atoms with Gasteiger partial charge in [-0.15, -0.1) is 0 Å². The summed E-state index contributed by atoms with van der Waals surface area (Å²) in [6, 6.07) is 6.27. The maximum Gasteiger partial charge on any atom is 0.142 e. The van der Waals surface area contributed by atoms with Gasteiger partial charge in [-0.3, -0.25) is 0 Å². The Hall–Kier alpha value is -1.26. The molecule has 2 rings (SSSR count). The van der Waals surface area contributed by atoms with Crippen LogP contribution in [0, 0.1) is 0 Å². The van der Waals surface area contributed by atoms with Crippen molar-refractivity contribution in [3.8, 4) is 5.75 Å². The standard InChI is InChI=1S/C15H23NO3/c1-17-11-12-18-9-4-10-19-14-7-2-5-13-6-3-8-16-15(13)14/h2,5,7,16H,3-4,6,8-12H2,1H3. The topological polar surface area (TPSA) is 39.7 Å². The first-order valence-corrected chi connectivity index (χ1v) is 6.97. The molecule has 0 bridgehead atoms. The lowest BCUT2D eigenvalue weighted by Crippen LogP contribution is -2.13. The summed E-state index contributed by atoms with van der Waals surface area (Å²) in [5.74, 6) is 0.967. The van der Waals surface area contributed by atoms with Gasteiger partial charge >= 0.3 is 0 Å². The van der Waals surface area contributed by atoms with Gasteiger partial charge in [-0.05, 0) is 24.5 Å². The second kappa shape index (κ2) is 8.02. The fraction of sp³-hybridized carbons (Fsp3) is 0.600. The molecule has 1 heterocycles. The van der Waals surface area contributed by atoms with Gasteiger partial charge in [-0.1, -0.05) is 12.1 Å². The molecule has 0 amide bonds. The van der Waals surface area contributed by atoms with E-state index < -0.39 is 0 Å². The van der Waals surface area contributed by atoms with Gasteiger partial charge in [0.05, 0.1) is 25.5 Å². The number of para-hydroxylation sites is 1. The maximum atomic E-state index is 5.84. The SMILES string of the molecule is COCCOCCCOc1cccc2c1NCCC2. The number of hydrogen-bond acceptors (Lipinski definition) is 4. The van der Waals surface area contributed by atoms with Gasteiger partial charge in [-0.25, -0.2) is 0 Å². The minimum atomic E-state index is 0.650. The second-order valence-electron chi connectivity index (χ2n) is 4.63. The van der Waals surface area contributed by atoms with Crippen molar-refractivity contribution in [1.82, 2.24) is 0 Å². The fourth-order valence-corrected chi connectivity index (χ4v) is 2.19. The smallest absolute Gasteiger partial charge is 0.142 e. The Morgan fingerprint density at radius 2 is 2.11 bits per heavy atom. The van der Waals surface area contributed by atoms with E-state index in [1.807, 2.05) is 6.07 Å². The third-order valence-corrected chi connectivity index (χ3v) is 3.16. The number of aryl methyl sites for hydroxylation is 1. The number of nitrogens with one attached hydrogen (secondary N) is 1. The summed E-state index contributed by atoms with van der Waals surface area (Å²) in [5.41, 5.74) is 2.54. The van der Waals surface area contributed by atoms with Gasteiger partial charge in [-0.2, -0.15) is 0 Å². The molecular formula is C15H23NO3. The highest BCUT2D eigenvalue weighted by Gasteiger charge is 2.12. The van der Waals surface area contributed by atoms with E-state index in [0.29, 0.717) is 26.4 Å². The Morgan fingerprint density at radius 1 is 1.16 bits per heavy atom. The molecule has 0 aromatic heterocycles. The molecule has 1 aliphatic rings. The van der Waals surface area contributed by atoms with Gasteiger partial charge in [0.15, 0.2) is 0 Å². The van der Waals surface area contributed by atoms with Crippen LogP contribution in [0.25, 0.3) is 0 Å². The molecule has 0 fully saturated rings. The van der Waals surface area contributed by atoms with Crippen LogP contribution in [-0.2, 0) is 15.9 Å². The van der Waals surface area contributed by atoms with Crippen LogP contribution in [0.1, 0.15) is 18.4 Å². The molecule has 0 radical (unpaired) electrons. The van der Waals surface area contributed by atoms with Crippen molar-refractivity contribution < 1.29 is 14.2 Å². The van der Waals surface area contributed by atoms with E-state index in [0.717, 1.165) is 25.1 Å². The average Bonchev–Trinajstić information content (AvgIpc) is 2.46. The molecule has 0 unspecified atom stereocenters. The molecule has 1 aliphatic heterocycles. The van der Waals surface area contributed by atoms with E-state index in [4.69, 9.17) is 14.2 Å². The van der Waals surface area contributed by atoms with Crippen molar-refractivity contribution in [3.63, 3.8) is 0 Å². The van der Waals surface area contributed by atoms with E-state index in [9.17, 15) is 0 Å². The van der Waals surface area contributed by atoms with Crippen molar-refractivity contribution in [2.45, 2.75) is 19.3 Å². The fourth-order valence-electron chi connectivity index (χ4n) is 2.19. The highest BCUT2D eigenvalue weighted by Crippen LogP contribution is 2.31. The normalized spacial score (nSPS) is 13.7. The van der Waals surface area contributed by atoms with E-state index in [1.165, 1.54) is 17.7 Å². The molecule has 19 heavy (non-hydrogen) atoms.